The Kier molecular flexibility index (Phi) is 3.85. The fraction of sp³-hybridized carbons (Fsp3) is 0.500. The number of hydrogen-bond acceptors (Lipinski definition) is 3. The number of aryl methyl sites for hydroxylation is 2. The van der Waals surface area contributed by atoms with Crippen molar-refractivity contribution in [2.75, 3.05) is 0 Å². The largest absolute Gasteiger partial charge is 0.333 e. The molecule has 0 spiro atoms. The number of amides is 1. The van der Waals surface area contributed by atoms with Gasteiger partial charge in [0.15, 0.2) is 0 Å². The summed E-state index contributed by atoms with van der Waals surface area (Å²) in [4.78, 5) is 19.2. The Bertz CT molecular complexity index is 678. The zero-order valence-corrected chi connectivity index (χ0v) is 13.2. The van der Waals surface area contributed by atoms with Crippen LogP contribution in [0.1, 0.15) is 55.1 Å². The SMILES string of the molecule is O=C(CCc1ncn[nH]1)N(C1CC1)C1CCCc2ccccc21. The Morgan fingerprint density at radius 2 is 2.13 bits per heavy atom. The molecule has 1 unspecified atom stereocenters. The minimum atomic E-state index is 0.255. The molecule has 1 saturated carbocycles. The smallest absolute Gasteiger partial charge is 0.223 e. The Labute approximate surface area is 136 Å². The molecular formula is C18H22N4O. The van der Waals surface area contributed by atoms with Gasteiger partial charge in [-0.25, -0.2) is 4.98 Å². The first-order valence-electron chi connectivity index (χ1n) is 8.56. The molecule has 2 aromatic rings. The van der Waals surface area contributed by atoms with Crippen LogP contribution in [0.25, 0.3) is 0 Å². The molecule has 0 saturated heterocycles. The lowest BCUT2D eigenvalue weighted by Crippen LogP contribution is -2.38. The molecule has 1 atom stereocenters. The van der Waals surface area contributed by atoms with E-state index in [0.29, 0.717) is 18.9 Å². The lowest BCUT2D eigenvalue weighted by Gasteiger charge is -2.36. The van der Waals surface area contributed by atoms with E-state index in [1.165, 1.54) is 23.9 Å². The molecular weight excluding hydrogens is 288 g/mol. The van der Waals surface area contributed by atoms with Gasteiger partial charge in [-0.1, -0.05) is 24.3 Å². The molecule has 1 fully saturated rings. The van der Waals surface area contributed by atoms with Crippen molar-refractivity contribution in [1.82, 2.24) is 20.1 Å². The van der Waals surface area contributed by atoms with Crippen LogP contribution in [0, 0.1) is 0 Å². The van der Waals surface area contributed by atoms with E-state index < -0.39 is 0 Å². The number of benzene rings is 1. The molecule has 4 rings (SSSR count). The third kappa shape index (κ3) is 3.00. The third-order valence-electron chi connectivity index (χ3n) is 4.94. The van der Waals surface area contributed by atoms with Crippen molar-refractivity contribution in [3.05, 3.63) is 47.5 Å². The Morgan fingerprint density at radius 3 is 2.91 bits per heavy atom. The summed E-state index contributed by atoms with van der Waals surface area (Å²) in [6.07, 6.45) is 8.31. The topological polar surface area (TPSA) is 61.9 Å². The molecule has 23 heavy (non-hydrogen) atoms. The van der Waals surface area contributed by atoms with Crippen LogP contribution in [-0.2, 0) is 17.6 Å². The highest BCUT2D eigenvalue weighted by atomic mass is 16.2. The molecule has 1 aromatic heterocycles. The second-order valence-corrected chi connectivity index (χ2v) is 6.57. The molecule has 120 valence electrons. The van der Waals surface area contributed by atoms with Gasteiger partial charge in [-0.3, -0.25) is 9.89 Å². The summed E-state index contributed by atoms with van der Waals surface area (Å²) in [6.45, 7) is 0. The van der Waals surface area contributed by atoms with Crippen LogP contribution in [0.2, 0.25) is 0 Å². The predicted octanol–water partition coefficient (Wildman–Crippen LogP) is 2.81. The molecule has 1 heterocycles. The highest BCUT2D eigenvalue weighted by Gasteiger charge is 2.39. The predicted molar refractivity (Wildman–Crippen MR) is 86.7 cm³/mol. The van der Waals surface area contributed by atoms with Crippen LogP contribution in [0.15, 0.2) is 30.6 Å². The van der Waals surface area contributed by atoms with Gasteiger partial charge in [-0.2, -0.15) is 5.10 Å². The number of nitrogens with one attached hydrogen (secondary N) is 1. The molecule has 1 aromatic carbocycles. The van der Waals surface area contributed by atoms with E-state index in [2.05, 4.69) is 44.3 Å². The summed E-state index contributed by atoms with van der Waals surface area (Å²) in [5.74, 6) is 1.05. The maximum absolute atomic E-state index is 12.9. The standard InChI is InChI=1S/C18H22N4O/c23-18(11-10-17-19-12-20-21-17)22(14-8-9-14)16-7-3-5-13-4-1-2-6-15(13)16/h1-2,4,6,12,14,16H,3,5,7-11H2,(H,19,20,21). The molecule has 1 amide bonds. The lowest BCUT2D eigenvalue weighted by molar-refractivity contribution is -0.134. The fourth-order valence-corrected chi connectivity index (χ4v) is 3.71. The minimum Gasteiger partial charge on any atom is -0.333 e. The third-order valence-corrected chi connectivity index (χ3v) is 4.94. The summed E-state index contributed by atoms with van der Waals surface area (Å²) in [5, 5.41) is 6.69. The number of nitrogens with zero attached hydrogens (tertiary/aromatic N) is 3. The van der Waals surface area contributed by atoms with Crippen molar-refractivity contribution in [2.45, 2.75) is 57.0 Å². The Balaban J connectivity index is 1.53. The van der Waals surface area contributed by atoms with Crippen LogP contribution in [-0.4, -0.2) is 32.0 Å². The zero-order valence-electron chi connectivity index (χ0n) is 13.2. The van der Waals surface area contributed by atoms with Crippen molar-refractivity contribution in [3.8, 4) is 0 Å². The fourth-order valence-electron chi connectivity index (χ4n) is 3.71. The van der Waals surface area contributed by atoms with Crippen molar-refractivity contribution in [3.63, 3.8) is 0 Å². The van der Waals surface area contributed by atoms with Gasteiger partial charge in [0.05, 0.1) is 6.04 Å². The summed E-state index contributed by atoms with van der Waals surface area (Å²) >= 11 is 0. The number of aromatic amines is 1. The normalized spacial score (nSPS) is 20.1. The van der Waals surface area contributed by atoms with Gasteiger partial charge in [0.25, 0.3) is 0 Å². The first-order valence-corrected chi connectivity index (χ1v) is 8.56. The van der Waals surface area contributed by atoms with E-state index in [4.69, 9.17) is 0 Å². The maximum Gasteiger partial charge on any atom is 0.223 e. The second kappa shape index (κ2) is 6.14. The van der Waals surface area contributed by atoms with Gasteiger partial charge >= 0.3 is 0 Å². The molecule has 5 heteroatoms. The number of carbonyl (C=O) groups is 1. The quantitative estimate of drug-likeness (QED) is 0.923. The van der Waals surface area contributed by atoms with Gasteiger partial charge < -0.3 is 4.90 Å². The van der Waals surface area contributed by atoms with E-state index in [-0.39, 0.29) is 11.9 Å². The average Bonchev–Trinajstić information content (AvgIpc) is 3.27. The van der Waals surface area contributed by atoms with Crippen molar-refractivity contribution >= 4 is 5.91 Å². The molecule has 0 bridgehead atoms. The van der Waals surface area contributed by atoms with Crippen molar-refractivity contribution in [1.29, 1.82) is 0 Å². The highest BCUT2D eigenvalue weighted by Crippen LogP contribution is 2.41. The number of rotatable bonds is 5. The number of fused-ring (bicyclic) bond motifs is 1. The maximum atomic E-state index is 12.9. The molecule has 5 nitrogen and oxygen atoms in total. The molecule has 2 aliphatic rings. The van der Waals surface area contributed by atoms with E-state index in [1.54, 1.807) is 0 Å². The van der Waals surface area contributed by atoms with Crippen molar-refractivity contribution < 1.29 is 4.79 Å². The summed E-state index contributed by atoms with van der Waals surface area (Å²) in [6, 6.07) is 9.32. The number of carbonyl (C=O) groups excluding carboxylic acids is 1. The summed E-state index contributed by atoms with van der Waals surface area (Å²) in [7, 11) is 0. The van der Waals surface area contributed by atoms with Crippen LogP contribution < -0.4 is 0 Å². The zero-order chi connectivity index (χ0) is 15.6. The van der Waals surface area contributed by atoms with Gasteiger partial charge in [-0.15, -0.1) is 0 Å². The van der Waals surface area contributed by atoms with Crippen LogP contribution in [0.3, 0.4) is 0 Å². The Morgan fingerprint density at radius 1 is 1.26 bits per heavy atom. The first-order chi connectivity index (χ1) is 11.3. The highest BCUT2D eigenvalue weighted by molar-refractivity contribution is 5.77. The molecule has 0 aliphatic heterocycles. The monoisotopic (exact) mass is 310 g/mol. The van der Waals surface area contributed by atoms with E-state index in [1.807, 2.05) is 0 Å². The minimum absolute atomic E-state index is 0.255. The number of hydrogen-bond donors (Lipinski definition) is 1. The molecule has 2 aliphatic carbocycles. The van der Waals surface area contributed by atoms with Gasteiger partial charge in [0.2, 0.25) is 5.91 Å². The summed E-state index contributed by atoms with van der Waals surface area (Å²) < 4.78 is 0. The molecule has 1 N–H and O–H groups in total. The average molecular weight is 310 g/mol. The van der Waals surface area contributed by atoms with Gasteiger partial charge in [0.1, 0.15) is 12.2 Å². The Hall–Kier alpha value is -2.17. The van der Waals surface area contributed by atoms with Crippen molar-refractivity contribution in [2.24, 2.45) is 0 Å². The first kappa shape index (κ1) is 14.4. The molecule has 0 radical (unpaired) electrons. The van der Waals surface area contributed by atoms with Crippen LogP contribution in [0.5, 0.6) is 0 Å². The van der Waals surface area contributed by atoms with Gasteiger partial charge in [0, 0.05) is 18.9 Å². The lowest BCUT2D eigenvalue weighted by atomic mass is 9.86. The van der Waals surface area contributed by atoms with E-state index >= 15 is 0 Å². The number of aromatic nitrogens is 3. The van der Waals surface area contributed by atoms with Gasteiger partial charge in [-0.05, 0) is 43.2 Å². The number of H-pyrrole nitrogens is 1. The van der Waals surface area contributed by atoms with Crippen LogP contribution in [0.4, 0.5) is 0 Å². The van der Waals surface area contributed by atoms with Crippen LogP contribution >= 0.6 is 0 Å². The van der Waals surface area contributed by atoms with E-state index in [0.717, 1.165) is 31.5 Å². The second-order valence-electron chi connectivity index (χ2n) is 6.57. The summed E-state index contributed by atoms with van der Waals surface area (Å²) in [5.41, 5.74) is 2.77. The van der Waals surface area contributed by atoms with E-state index in [9.17, 15) is 4.79 Å².